The van der Waals surface area contributed by atoms with E-state index in [1.54, 1.807) is 35.8 Å². The smallest absolute Gasteiger partial charge is 0.255 e. The van der Waals surface area contributed by atoms with Gasteiger partial charge in [-0.2, -0.15) is 0 Å². The Hall–Kier alpha value is -2.00. The van der Waals surface area contributed by atoms with Crippen LogP contribution in [0.15, 0.2) is 53.4 Å². The molecule has 0 aliphatic carbocycles. The molecule has 0 atom stereocenters. The Morgan fingerprint density at radius 2 is 2.12 bits per heavy atom. The Morgan fingerprint density at radius 1 is 1.29 bits per heavy atom. The molecule has 0 aliphatic heterocycles. The van der Waals surface area contributed by atoms with Gasteiger partial charge < -0.3 is 10.1 Å². The summed E-state index contributed by atoms with van der Waals surface area (Å²) in [6, 6.07) is 11.5. The maximum atomic E-state index is 13.6. The van der Waals surface area contributed by atoms with Crippen LogP contribution in [0.2, 0.25) is 0 Å². The van der Waals surface area contributed by atoms with Crippen molar-refractivity contribution in [1.82, 2.24) is 4.98 Å². The van der Waals surface area contributed by atoms with Gasteiger partial charge in [-0.1, -0.05) is 12.1 Å². The summed E-state index contributed by atoms with van der Waals surface area (Å²) < 4.78 is 19.8. The molecule has 1 amide bonds. The van der Waals surface area contributed by atoms with Crippen LogP contribution in [0.1, 0.15) is 16.1 Å². The van der Waals surface area contributed by atoms with Crippen molar-refractivity contribution in [2.75, 3.05) is 5.32 Å². The molecule has 0 saturated carbocycles. The highest BCUT2D eigenvalue weighted by molar-refractivity contribution is 14.1. The minimum Gasteiger partial charge on any atom is -0.485 e. The van der Waals surface area contributed by atoms with Crippen LogP contribution in [0.5, 0.6) is 5.75 Å². The summed E-state index contributed by atoms with van der Waals surface area (Å²) in [4.78, 5) is 16.5. The van der Waals surface area contributed by atoms with Gasteiger partial charge in [-0.15, -0.1) is 11.3 Å². The Bertz CT molecular complexity index is 856. The van der Waals surface area contributed by atoms with E-state index in [9.17, 15) is 9.18 Å². The average molecular weight is 454 g/mol. The minimum absolute atomic E-state index is 0.252. The summed E-state index contributed by atoms with van der Waals surface area (Å²) in [7, 11) is 0. The third kappa shape index (κ3) is 4.09. The zero-order valence-electron chi connectivity index (χ0n) is 12.3. The first-order valence-electron chi connectivity index (χ1n) is 6.99. The van der Waals surface area contributed by atoms with Crippen molar-refractivity contribution in [2.24, 2.45) is 0 Å². The summed E-state index contributed by atoms with van der Waals surface area (Å²) in [5, 5.41) is 4.65. The van der Waals surface area contributed by atoms with Gasteiger partial charge in [0.15, 0.2) is 0 Å². The lowest BCUT2D eigenvalue weighted by Crippen LogP contribution is -2.13. The summed E-state index contributed by atoms with van der Waals surface area (Å²) in [6.45, 7) is 0.314. The van der Waals surface area contributed by atoms with E-state index in [2.05, 4.69) is 10.3 Å². The molecule has 3 aromatic rings. The van der Waals surface area contributed by atoms with Gasteiger partial charge in [0.1, 0.15) is 18.2 Å². The molecular formula is C17H12FIN2O2S. The molecule has 4 nitrogen and oxygen atoms in total. The van der Waals surface area contributed by atoms with Crippen LogP contribution in [0.4, 0.5) is 10.1 Å². The number of thiazole rings is 1. The zero-order chi connectivity index (χ0) is 16.9. The first kappa shape index (κ1) is 16.8. The van der Waals surface area contributed by atoms with E-state index in [0.29, 0.717) is 21.6 Å². The van der Waals surface area contributed by atoms with Crippen molar-refractivity contribution in [3.05, 3.63) is 74.0 Å². The fraction of sp³-hybridized carbons (Fsp3) is 0.0588. The minimum atomic E-state index is -0.420. The van der Waals surface area contributed by atoms with Crippen molar-refractivity contribution in [3.8, 4) is 5.75 Å². The maximum Gasteiger partial charge on any atom is 0.255 e. The number of carbonyl (C=O) groups is 1. The number of hydrogen-bond acceptors (Lipinski definition) is 4. The van der Waals surface area contributed by atoms with Gasteiger partial charge in [-0.05, 0) is 52.9 Å². The zero-order valence-corrected chi connectivity index (χ0v) is 15.3. The molecule has 0 saturated heterocycles. The first-order chi connectivity index (χ1) is 11.6. The third-order valence-electron chi connectivity index (χ3n) is 3.18. The number of ether oxygens (including phenoxy) is 1. The standard InChI is InChI=1S/C17H12FIN2O2S/c18-13-7-11(5-6-14(13)19)17(22)21-15-3-1-2-4-16(15)23-8-12-9-24-10-20-12/h1-7,9-10H,8H2,(H,21,22). The van der Waals surface area contributed by atoms with Crippen molar-refractivity contribution >= 4 is 45.5 Å². The van der Waals surface area contributed by atoms with E-state index in [0.717, 1.165) is 5.69 Å². The van der Waals surface area contributed by atoms with Crippen molar-refractivity contribution in [2.45, 2.75) is 6.61 Å². The van der Waals surface area contributed by atoms with E-state index in [-0.39, 0.29) is 5.56 Å². The highest BCUT2D eigenvalue weighted by Gasteiger charge is 2.12. The molecule has 0 aliphatic rings. The van der Waals surface area contributed by atoms with E-state index in [1.165, 1.54) is 17.4 Å². The van der Waals surface area contributed by atoms with E-state index in [1.807, 2.05) is 34.0 Å². The number of nitrogens with one attached hydrogen (secondary N) is 1. The van der Waals surface area contributed by atoms with Gasteiger partial charge in [-0.25, -0.2) is 9.37 Å². The van der Waals surface area contributed by atoms with E-state index >= 15 is 0 Å². The highest BCUT2D eigenvalue weighted by Crippen LogP contribution is 2.25. The monoisotopic (exact) mass is 454 g/mol. The lowest BCUT2D eigenvalue weighted by Gasteiger charge is -2.12. The number of carbonyl (C=O) groups excluding carboxylic acids is 1. The van der Waals surface area contributed by atoms with Crippen molar-refractivity contribution < 1.29 is 13.9 Å². The van der Waals surface area contributed by atoms with E-state index in [4.69, 9.17) is 4.74 Å². The number of benzene rings is 2. The Kier molecular flexibility index (Phi) is 5.41. The van der Waals surface area contributed by atoms with Gasteiger partial charge >= 0.3 is 0 Å². The van der Waals surface area contributed by atoms with Crippen LogP contribution in [-0.4, -0.2) is 10.9 Å². The second-order valence-electron chi connectivity index (χ2n) is 4.85. The molecule has 24 heavy (non-hydrogen) atoms. The molecule has 0 unspecified atom stereocenters. The Labute approximate surface area is 155 Å². The van der Waals surface area contributed by atoms with Gasteiger partial charge in [0, 0.05) is 14.5 Å². The molecule has 0 bridgehead atoms. The largest absolute Gasteiger partial charge is 0.485 e. The molecule has 0 fully saturated rings. The second kappa shape index (κ2) is 7.71. The quantitative estimate of drug-likeness (QED) is 0.568. The molecule has 1 aromatic heterocycles. The number of aromatic nitrogens is 1. The van der Waals surface area contributed by atoms with Crippen LogP contribution in [0, 0.1) is 9.39 Å². The summed E-state index contributed by atoms with van der Waals surface area (Å²) in [5.74, 6) is -0.281. The van der Waals surface area contributed by atoms with Crippen molar-refractivity contribution in [3.63, 3.8) is 0 Å². The predicted octanol–water partition coefficient (Wildman–Crippen LogP) is 4.72. The highest BCUT2D eigenvalue weighted by atomic mass is 127. The first-order valence-corrected chi connectivity index (χ1v) is 9.01. The topological polar surface area (TPSA) is 51.2 Å². The molecule has 0 spiro atoms. The molecule has 1 heterocycles. The lowest BCUT2D eigenvalue weighted by atomic mass is 10.2. The van der Waals surface area contributed by atoms with Gasteiger partial charge in [0.25, 0.3) is 5.91 Å². The van der Waals surface area contributed by atoms with Crippen molar-refractivity contribution in [1.29, 1.82) is 0 Å². The fourth-order valence-corrected chi connectivity index (χ4v) is 2.87. The normalized spacial score (nSPS) is 10.4. The second-order valence-corrected chi connectivity index (χ2v) is 6.73. The van der Waals surface area contributed by atoms with Gasteiger partial charge in [0.2, 0.25) is 0 Å². The Balaban J connectivity index is 1.74. The van der Waals surface area contributed by atoms with E-state index < -0.39 is 11.7 Å². The number of para-hydroxylation sites is 2. The molecule has 122 valence electrons. The number of rotatable bonds is 5. The molecule has 2 aromatic carbocycles. The Morgan fingerprint density at radius 3 is 2.88 bits per heavy atom. The van der Waals surface area contributed by atoms with Crippen LogP contribution in [-0.2, 0) is 6.61 Å². The summed E-state index contributed by atoms with van der Waals surface area (Å²) >= 11 is 3.37. The van der Waals surface area contributed by atoms with Crippen LogP contribution >= 0.6 is 33.9 Å². The van der Waals surface area contributed by atoms with Crippen LogP contribution in [0.3, 0.4) is 0 Å². The third-order valence-corrected chi connectivity index (χ3v) is 4.69. The SMILES string of the molecule is O=C(Nc1ccccc1OCc1cscn1)c1ccc(I)c(F)c1. The number of nitrogens with zero attached hydrogens (tertiary/aromatic N) is 1. The fourth-order valence-electron chi connectivity index (χ4n) is 1.99. The molecular weight excluding hydrogens is 442 g/mol. The van der Waals surface area contributed by atoms with Crippen LogP contribution < -0.4 is 10.1 Å². The average Bonchev–Trinajstić information content (AvgIpc) is 3.10. The predicted molar refractivity (Wildman–Crippen MR) is 100.0 cm³/mol. The number of anilines is 1. The number of hydrogen-bond donors (Lipinski definition) is 1. The number of halogens is 2. The molecule has 3 rings (SSSR count). The molecule has 0 radical (unpaired) electrons. The molecule has 1 N–H and O–H groups in total. The summed E-state index contributed by atoms with van der Waals surface area (Å²) in [6.07, 6.45) is 0. The van der Waals surface area contributed by atoms with Gasteiger partial charge in [0.05, 0.1) is 16.9 Å². The van der Waals surface area contributed by atoms with Gasteiger partial charge in [-0.3, -0.25) is 4.79 Å². The number of amides is 1. The maximum absolute atomic E-state index is 13.6. The molecule has 7 heteroatoms. The lowest BCUT2D eigenvalue weighted by molar-refractivity contribution is 0.102. The van der Waals surface area contributed by atoms with Crippen LogP contribution in [0.25, 0.3) is 0 Å². The summed E-state index contributed by atoms with van der Waals surface area (Å²) in [5.41, 5.74) is 3.33.